The van der Waals surface area contributed by atoms with Crippen LogP contribution in [-0.4, -0.2) is 21.1 Å². The number of rotatable bonds is 4. The summed E-state index contributed by atoms with van der Waals surface area (Å²) in [7, 11) is 0. The van der Waals surface area contributed by atoms with Crippen molar-refractivity contribution in [2.75, 3.05) is 5.32 Å². The highest BCUT2D eigenvalue weighted by atomic mass is 32.1. The van der Waals surface area contributed by atoms with Gasteiger partial charge in [-0.1, -0.05) is 30.3 Å². The van der Waals surface area contributed by atoms with Gasteiger partial charge < -0.3 is 10.2 Å². The zero-order valence-corrected chi connectivity index (χ0v) is 14.2. The fourth-order valence-electron chi connectivity index (χ4n) is 2.20. The topological polar surface area (TPSA) is 106 Å². The fourth-order valence-corrected chi connectivity index (χ4v) is 2.91. The van der Waals surface area contributed by atoms with E-state index >= 15 is 0 Å². The number of aromatic nitrogens is 1. The van der Waals surface area contributed by atoms with E-state index in [0.29, 0.717) is 5.13 Å². The zero-order valence-electron chi connectivity index (χ0n) is 13.4. The SMILES string of the molecule is N#C/C(=C\c1ccc(O)cc1O)C(=O)Nc1nc(-c2ccccc2)cs1. The molecular weight excluding hydrogens is 350 g/mol. The van der Waals surface area contributed by atoms with Gasteiger partial charge in [-0.15, -0.1) is 11.3 Å². The Kier molecular flexibility index (Phi) is 4.97. The van der Waals surface area contributed by atoms with Gasteiger partial charge in [0, 0.05) is 22.6 Å². The third-order valence-corrected chi connectivity index (χ3v) is 4.23. The van der Waals surface area contributed by atoms with Gasteiger partial charge in [-0.3, -0.25) is 10.1 Å². The summed E-state index contributed by atoms with van der Waals surface area (Å²) in [4.78, 5) is 16.6. The van der Waals surface area contributed by atoms with Crippen LogP contribution in [0.25, 0.3) is 17.3 Å². The number of nitrogens with zero attached hydrogens (tertiary/aromatic N) is 2. The quantitative estimate of drug-likeness (QED) is 0.483. The van der Waals surface area contributed by atoms with E-state index in [1.54, 1.807) is 6.07 Å². The van der Waals surface area contributed by atoms with Gasteiger partial charge in [0.25, 0.3) is 5.91 Å². The van der Waals surface area contributed by atoms with Crippen LogP contribution in [0.4, 0.5) is 5.13 Å². The Balaban J connectivity index is 1.79. The maximum Gasteiger partial charge on any atom is 0.268 e. The Hall–Kier alpha value is -3.63. The number of phenolic OH excluding ortho intramolecular Hbond substituents is 2. The number of hydrogen-bond donors (Lipinski definition) is 3. The molecule has 6 nitrogen and oxygen atoms in total. The van der Waals surface area contributed by atoms with E-state index in [9.17, 15) is 20.3 Å². The number of phenols is 2. The lowest BCUT2D eigenvalue weighted by atomic mass is 10.1. The van der Waals surface area contributed by atoms with Crippen molar-refractivity contribution >= 4 is 28.5 Å². The maximum absolute atomic E-state index is 12.3. The van der Waals surface area contributed by atoms with Crippen LogP contribution < -0.4 is 5.32 Å². The van der Waals surface area contributed by atoms with Crippen LogP contribution in [0.3, 0.4) is 0 Å². The van der Waals surface area contributed by atoms with Gasteiger partial charge in [0.2, 0.25) is 0 Å². The second-order valence-corrected chi connectivity index (χ2v) is 6.13. The molecule has 0 atom stereocenters. The van der Waals surface area contributed by atoms with Crippen molar-refractivity contribution in [2.45, 2.75) is 0 Å². The van der Waals surface area contributed by atoms with Gasteiger partial charge in [-0.25, -0.2) is 4.98 Å². The van der Waals surface area contributed by atoms with Crippen LogP contribution in [0.1, 0.15) is 5.56 Å². The van der Waals surface area contributed by atoms with Crippen LogP contribution in [0.5, 0.6) is 11.5 Å². The summed E-state index contributed by atoms with van der Waals surface area (Å²) < 4.78 is 0. The second kappa shape index (κ2) is 7.51. The predicted octanol–water partition coefficient (Wildman–Crippen LogP) is 3.77. The fraction of sp³-hybridized carbons (Fsp3) is 0. The number of nitrogens with one attached hydrogen (secondary N) is 1. The molecule has 0 saturated heterocycles. The molecule has 3 aromatic rings. The van der Waals surface area contributed by atoms with E-state index in [-0.39, 0.29) is 22.6 Å². The van der Waals surface area contributed by atoms with Crippen LogP contribution >= 0.6 is 11.3 Å². The van der Waals surface area contributed by atoms with Crippen LogP contribution in [0.15, 0.2) is 59.5 Å². The first-order valence-electron chi connectivity index (χ1n) is 7.53. The van der Waals surface area contributed by atoms with E-state index in [2.05, 4.69) is 10.3 Å². The van der Waals surface area contributed by atoms with Crippen molar-refractivity contribution in [2.24, 2.45) is 0 Å². The summed E-state index contributed by atoms with van der Waals surface area (Å²) in [5.41, 5.74) is 1.71. The monoisotopic (exact) mass is 363 g/mol. The van der Waals surface area contributed by atoms with E-state index in [1.165, 1.54) is 29.5 Å². The summed E-state index contributed by atoms with van der Waals surface area (Å²) in [6, 6.07) is 15.2. The van der Waals surface area contributed by atoms with E-state index in [0.717, 1.165) is 17.3 Å². The Morgan fingerprint density at radius 2 is 1.96 bits per heavy atom. The van der Waals surface area contributed by atoms with Gasteiger partial charge in [0.1, 0.15) is 23.1 Å². The predicted molar refractivity (Wildman–Crippen MR) is 99.5 cm³/mol. The summed E-state index contributed by atoms with van der Waals surface area (Å²) >= 11 is 1.25. The van der Waals surface area contributed by atoms with E-state index in [4.69, 9.17) is 0 Å². The molecule has 0 fully saturated rings. The van der Waals surface area contributed by atoms with E-state index in [1.807, 2.05) is 35.7 Å². The first-order chi connectivity index (χ1) is 12.6. The lowest BCUT2D eigenvalue weighted by Crippen LogP contribution is -2.13. The largest absolute Gasteiger partial charge is 0.508 e. The molecule has 0 radical (unpaired) electrons. The third-order valence-electron chi connectivity index (χ3n) is 3.47. The smallest absolute Gasteiger partial charge is 0.268 e. The molecule has 1 amide bonds. The zero-order chi connectivity index (χ0) is 18.5. The van der Waals surface area contributed by atoms with Gasteiger partial charge >= 0.3 is 0 Å². The lowest BCUT2D eigenvalue weighted by Gasteiger charge is -2.02. The summed E-state index contributed by atoms with van der Waals surface area (Å²) in [5, 5.41) is 33.1. The number of benzene rings is 2. The van der Waals surface area contributed by atoms with Crippen molar-refractivity contribution in [1.82, 2.24) is 4.98 Å². The third kappa shape index (κ3) is 3.88. The molecule has 3 rings (SSSR count). The van der Waals surface area contributed by atoms with Crippen LogP contribution in [0.2, 0.25) is 0 Å². The van der Waals surface area contributed by atoms with Crippen molar-refractivity contribution < 1.29 is 15.0 Å². The molecule has 0 aliphatic carbocycles. The molecule has 0 unspecified atom stereocenters. The number of anilines is 1. The molecule has 0 aliphatic rings. The number of nitriles is 1. The molecule has 7 heteroatoms. The molecular formula is C19H13N3O3S. The summed E-state index contributed by atoms with van der Waals surface area (Å²) in [6.07, 6.45) is 1.25. The Bertz CT molecular complexity index is 1020. The minimum Gasteiger partial charge on any atom is -0.508 e. The second-order valence-electron chi connectivity index (χ2n) is 5.27. The number of aromatic hydroxyl groups is 2. The van der Waals surface area contributed by atoms with Crippen LogP contribution in [0, 0.1) is 11.3 Å². The normalized spacial score (nSPS) is 11.0. The molecule has 0 saturated carbocycles. The standard InChI is InChI=1S/C19H13N3O3S/c20-10-14(8-13-6-7-15(23)9-17(13)24)18(25)22-19-21-16(11-26-19)12-4-2-1-3-5-12/h1-9,11,23-24H,(H,21,22,25)/b14-8+. The minimum atomic E-state index is -0.631. The van der Waals surface area contributed by atoms with Crippen molar-refractivity contribution in [3.05, 3.63) is 65.0 Å². The van der Waals surface area contributed by atoms with E-state index < -0.39 is 5.91 Å². The molecule has 0 spiro atoms. The molecule has 26 heavy (non-hydrogen) atoms. The van der Waals surface area contributed by atoms with Gasteiger partial charge in [-0.05, 0) is 18.2 Å². The number of thiazole rings is 1. The number of hydrogen-bond acceptors (Lipinski definition) is 6. The average molecular weight is 363 g/mol. The van der Waals surface area contributed by atoms with Gasteiger partial charge in [0.05, 0.1) is 5.69 Å². The highest BCUT2D eigenvalue weighted by molar-refractivity contribution is 7.14. The highest BCUT2D eigenvalue weighted by Gasteiger charge is 2.13. The molecule has 1 aromatic heterocycles. The summed E-state index contributed by atoms with van der Waals surface area (Å²) in [6.45, 7) is 0. The van der Waals surface area contributed by atoms with Crippen molar-refractivity contribution in [3.63, 3.8) is 0 Å². The molecule has 128 valence electrons. The minimum absolute atomic E-state index is 0.112. The first kappa shape index (κ1) is 17.2. The molecule has 2 aromatic carbocycles. The van der Waals surface area contributed by atoms with Crippen molar-refractivity contribution in [1.29, 1.82) is 5.26 Å². The number of carbonyl (C=O) groups excluding carboxylic acids is 1. The van der Waals surface area contributed by atoms with Crippen LogP contribution in [-0.2, 0) is 4.79 Å². The Morgan fingerprint density at radius 1 is 1.19 bits per heavy atom. The van der Waals surface area contributed by atoms with Gasteiger partial charge in [-0.2, -0.15) is 5.26 Å². The Labute approximate surface area is 153 Å². The maximum atomic E-state index is 12.3. The van der Waals surface area contributed by atoms with Crippen molar-refractivity contribution in [3.8, 4) is 28.8 Å². The molecule has 1 heterocycles. The average Bonchev–Trinajstić information content (AvgIpc) is 3.10. The lowest BCUT2D eigenvalue weighted by molar-refractivity contribution is -0.112. The molecule has 3 N–H and O–H groups in total. The Morgan fingerprint density at radius 3 is 2.65 bits per heavy atom. The summed E-state index contributed by atoms with van der Waals surface area (Å²) in [5.74, 6) is -0.973. The number of amides is 1. The molecule has 0 aliphatic heterocycles. The first-order valence-corrected chi connectivity index (χ1v) is 8.41. The molecule has 0 bridgehead atoms. The number of carbonyl (C=O) groups is 1. The highest BCUT2D eigenvalue weighted by Crippen LogP contribution is 2.26. The van der Waals surface area contributed by atoms with Gasteiger partial charge in [0.15, 0.2) is 5.13 Å².